The van der Waals surface area contributed by atoms with E-state index in [4.69, 9.17) is 11.6 Å². The fraction of sp³-hybridized carbons (Fsp3) is 0.227. The van der Waals surface area contributed by atoms with Gasteiger partial charge in [-0.25, -0.2) is 4.39 Å². The number of carbonyl (C=O) groups is 3. The van der Waals surface area contributed by atoms with Crippen LogP contribution in [0.5, 0.6) is 0 Å². The van der Waals surface area contributed by atoms with Gasteiger partial charge in [-0.05, 0) is 42.6 Å². The summed E-state index contributed by atoms with van der Waals surface area (Å²) in [6.07, 6.45) is 1.36. The zero-order chi connectivity index (χ0) is 22.4. The van der Waals surface area contributed by atoms with Gasteiger partial charge in [0.25, 0.3) is 11.1 Å². The Hall–Kier alpha value is -2.68. The summed E-state index contributed by atoms with van der Waals surface area (Å²) in [4.78, 5) is 39.8. The lowest BCUT2D eigenvalue weighted by Crippen LogP contribution is -2.40. The van der Waals surface area contributed by atoms with Crippen LogP contribution in [0.2, 0.25) is 5.02 Å². The summed E-state index contributed by atoms with van der Waals surface area (Å²) in [5.74, 6) is -1.20. The van der Waals surface area contributed by atoms with Crippen LogP contribution in [-0.2, 0) is 16.1 Å². The molecule has 0 atom stereocenters. The van der Waals surface area contributed by atoms with E-state index >= 15 is 0 Å². The van der Waals surface area contributed by atoms with Gasteiger partial charge in [-0.15, -0.1) is 0 Å². The first-order valence-electron chi connectivity index (χ1n) is 9.53. The number of nitrogens with one attached hydrogen (secondary N) is 1. The fourth-order valence-electron chi connectivity index (χ4n) is 3.01. The van der Waals surface area contributed by atoms with Crippen molar-refractivity contribution in [1.29, 1.82) is 0 Å². The first-order chi connectivity index (χ1) is 14.8. The molecule has 3 rings (SSSR count). The monoisotopic (exact) mass is 461 g/mol. The Bertz CT molecular complexity index is 1030. The molecule has 6 nitrogen and oxygen atoms in total. The SMILES string of the molecule is CN(CC(=O)NCCN1C(=O)S/C(=C\c2ccccc2F)C1=O)Cc1ccccc1Cl. The van der Waals surface area contributed by atoms with Gasteiger partial charge >= 0.3 is 0 Å². The lowest BCUT2D eigenvalue weighted by molar-refractivity contribution is -0.124. The summed E-state index contributed by atoms with van der Waals surface area (Å²) in [6, 6.07) is 13.4. The summed E-state index contributed by atoms with van der Waals surface area (Å²) in [5, 5.41) is 2.90. The summed E-state index contributed by atoms with van der Waals surface area (Å²) in [5.41, 5.74) is 1.15. The second kappa shape index (κ2) is 10.6. The minimum Gasteiger partial charge on any atom is -0.353 e. The molecule has 0 unspecified atom stereocenters. The molecule has 1 N–H and O–H groups in total. The van der Waals surface area contributed by atoms with Crippen LogP contribution in [0.3, 0.4) is 0 Å². The summed E-state index contributed by atoms with van der Waals surface area (Å²) in [7, 11) is 1.80. The molecule has 0 saturated carbocycles. The summed E-state index contributed by atoms with van der Waals surface area (Å²) < 4.78 is 13.8. The molecule has 2 aromatic carbocycles. The van der Waals surface area contributed by atoms with Crippen LogP contribution in [0.4, 0.5) is 9.18 Å². The van der Waals surface area contributed by atoms with Gasteiger partial charge in [0.15, 0.2) is 0 Å². The Morgan fingerprint density at radius 3 is 2.65 bits per heavy atom. The molecule has 9 heteroatoms. The van der Waals surface area contributed by atoms with E-state index in [1.807, 2.05) is 23.1 Å². The highest BCUT2D eigenvalue weighted by molar-refractivity contribution is 8.18. The molecule has 0 aromatic heterocycles. The summed E-state index contributed by atoms with van der Waals surface area (Å²) >= 11 is 6.89. The van der Waals surface area contributed by atoms with Gasteiger partial charge in [0.05, 0.1) is 11.4 Å². The second-order valence-corrected chi connectivity index (χ2v) is 8.37. The topological polar surface area (TPSA) is 69.7 Å². The Balaban J connectivity index is 1.48. The zero-order valence-electron chi connectivity index (χ0n) is 16.8. The third-order valence-electron chi connectivity index (χ3n) is 4.53. The molecular formula is C22H21ClFN3O3S. The van der Waals surface area contributed by atoms with Crippen LogP contribution in [0.1, 0.15) is 11.1 Å². The Kier molecular flexibility index (Phi) is 7.84. The van der Waals surface area contributed by atoms with E-state index in [0.29, 0.717) is 11.6 Å². The van der Waals surface area contributed by atoms with Crippen molar-refractivity contribution >= 4 is 46.5 Å². The quantitative estimate of drug-likeness (QED) is 0.606. The van der Waals surface area contributed by atoms with E-state index < -0.39 is 17.0 Å². The third-order valence-corrected chi connectivity index (χ3v) is 5.81. The molecule has 162 valence electrons. The van der Waals surface area contributed by atoms with E-state index in [2.05, 4.69) is 5.32 Å². The molecule has 1 aliphatic heterocycles. The molecule has 3 amide bonds. The largest absolute Gasteiger partial charge is 0.353 e. The molecular weight excluding hydrogens is 441 g/mol. The van der Waals surface area contributed by atoms with Crippen LogP contribution in [0.25, 0.3) is 6.08 Å². The minimum atomic E-state index is -0.497. The van der Waals surface area contributed by atoms with E-state index in [0.717, 1.165) is 22.2 Å². The standard InChI is InChI=1S/C22H21ClFN3O3S/c1-26(13-16-7-2-4-8-17(16)23)14-20(28)25-10-11-27-21(29)19(31-22(27)30)12-15-6-3-5-9-18(15)24/h2-9,12H,10-11,13-14H2,1H3,(H,25,28)/b19-12-. The van der Waals surface area contributed by atoms with Crippen molar-refractivity contribution in [2.24, 2.45) is 0 Å². The number of likely N-dealkylation sites (N-methyl/N-ethyl adjacent to an activating group) is 1. The van der Waals surface area contributed by atoms with Crippen LogP contribution >= 0.6 is 23.4 Å². The van der Waals surface area contributed by atoms with Crippen molar-refractivity contribution < 1.29 is 18.8 Å². The van der Waals surface area contributed by atoms with Gasteiger partial charge in [0.1, 0.15) is 5.82 Å². The van der Waals surface area contributed by atoms with Gasteiger partial charge in [0, 0.05) is 30.2 Å². The molecule has 1 fully saturated rings. The number of rotatable bonds is 8. The van der Waals surface area contributed by atoms with E-state index in [-0.39, 0.29) is 36.0 Å². The van der Waals surface area contributed by atoms with Crippen molar-refractivity contribution in [2.75, 3.05) is 26.7 Å². The molecule has 0 aliphatic carbocycles. The minimum absolute atomic E-state index is 0.0409. The maximum atomic E-state index is 13.8. The lowest BCUT2D eigenvalue weighted by atomic mass is 10.2. The Morgan fingerprint density at radius 2 is 1.90 bits per heavy atom. The lowest BCUT2D eigenvalue weighted by Gasteiger charge is -2.18. The number of amides is 3. The van der Waals surface area contributed by atoms with Crippen LogP contribution in [0.15, 0.2) is 53.4 Å². The summed E-state index contributed by atoms with van der Waals surface area (Å²) in [6.45, 7) is 0.820. The zero-order valence-corrected chi connectivity index (χ0v) is 18.4. The van der Waals surface area contributed by atoms with Gasteiger partial charge in [-0.1, -0.05) is 48.0 Å². The average molecular weight is 462 g/mol. The molecule has 0 radical (unpaired) electrons. The molecule has 2 aromatic rings. The molecule has 1 heterocycles. The second-order valence-electron chi connectivity index (χ2n) is 6.97. The van der Waals surface area contributed by atoms with Crippen molar-refractivity contribution in [2.45, 2.75) is 6.54 Å². The van der Waals surface area contributed by atoms with Gasteiger partial charge < -0.3 is 5.32 Å². The highest BCUT2D eigenvalue weighted by Crippen LogP contribution is 2.32. The number of carbonyl (C=O) groups excluding carboxylic acids is 3. The maximum Gasteiger partial charge on any atom is 0.293 e. The van der Waals surface area contributed by atoms with E-state index in [1.54, 1.807) is 25.2 Å². The maximum absolute atomic E-state index is 13.8. The molecule has 1 aliphatic rings. The van der Waals surface area contributed by atoms with Gasteiger partial charge in [-0.3, -0.25) is 24.2 Å². The van der Waals surface area contributed by atoms with Crippen LogP contribution in [0, 0.1) is 5.82 Å². The van der Waals surface area contributed by atoms with Crippen molar-refractivity contribution in [3.63, 3.8) is 0 Å². The van der Waals surface area contributed by atoms with E-state index in [1.165, 1.54) is 18.2 Å². The Morgan fingerprint density at radius 1 is 1.19 bits per heavy atom. The van der Waals surface area contributed by atoms with E-state index in [9.17, 15) is 18.8 Å². The Labute approximate surface area is 189 Å². The number of hydrogen-bond acceptors (Lipinski definition) is 5. The predicted octanol–water partition coefficient (Wildman–Crippen LogP) is 3.76. The van der Waals surface area contributed by atoms with Gasteiger partial charge in [0.2, 0.25) is 5.91 Å². The highest BCUT2D eigenvalue weighted by atomic mass is 35.5. The molecule has 1 saturated heterocycles. The van der Waals surface area contributed by atoms with Crippen LogP contribution in [-0.4, -0.2) is 53.5 Å². The predicted molar refractivity (Wildman–Crippen MR) is 120 cm³/mol. The molecule has 0 bridgehead atoms. The normalized spacial score (nSPS) is 15.2. The van der Waals surface area contributed by atoms with Crippen molar-refractivity contribution in [1.82, 2.24) is 15.1 Å². The fourth-order valence-corrected chi connectivity index (χ4v) is 4.06. The number of imide groups is 1. The van der Waals surface area contributed by atoms with Gasteiger partial charge in [-0.2, -0.15) is 0 Å². The highest BCUT2D eigenvalue weighted by Gasteiger charge is 2.34. The number of thioether (sulfide) groups is 1. The number of nitrogens with zero attached hydrogens (tertiary/aromatic N) is 2. The van der Waals surface area contributed by atoms with Crippen LogP contribution < -0.4 is 5.32 Å². The number of hydrogen-bond donors (Lipinski definition) is 1. The first kappa shape index (κ1) is 23.0. The van der Waals surface area contributed by atoms with Crippen molar-refractivity contribution in [3.05, 3.63) is 75.4 Å². The van der Waals surface area contributed by atoms with Crippen molar-refractivity contribution in [3.8, 4) is 0 Å². The number of halogens is 2. The number of benzene rings is 2. The average Bonchev–Trinajstić information content (AvgIpc) is 2.98. The molecule has 31 heavy (non-hydrogen) atoms. The first-order valence-corrected chi connectivity index (χ1v) is 10.7. The third kappa shape index (κ3) is 6.16. The molecule has 0 spiro atoms. The smallest absolute Gasteiger partial charge is 0.293 e.